The van der Waals surface area contributed by atoms with Gasteiger partial charge in [-0.1, -0.05) is 32.6 Å². The molecule has 0 bridgehead atoms. The molecule has 0 nitrogen and oxygen atoms in total. The van der Waals surface area contributed by atoms with E-state index in [1.54, 1.807) is 0 Å². The fraction of sp³-hybridized carbons (Fsp3) is 0.857. The molecule has 0 aliphatic heterocycles. The number of hydrogen-bond acceptors (Lipinski definition) is 0. The standard InChI is InChI=1S/C7H15.Nb/c1-3-5-7-6-4-2;/h1,3-7H2,2H3;/q-1;. The van der Waals surface area contributed by atoms with Gasteiger partial charge in [0, 0.05) is 22.4 Å². The topological polar surface area (TPSA) is 0 Å². The Bertz CT molecular complexity index is 23.6. The van der Waals surface area contributed by atoms with Crippen molar-refractivity contribution in [2.75, 3.05) is 0 Å². The molecule has 0 aromatic carbocycles. The molecule has 49 valence electrons. The first kappa shape index (κ1) is 11.5. The molecule has 0 amide bonds. The second-order valence-electron chi connectivity index (χ2n) is 1.91. The van der Waals surface area contributed by atoms with E-state index in [-0.39, 0.29) is 22.4 Å². The van der Waals surface area contributed by atoms with Crippen molar-refractivity contribution in [3.63, 3.8) is 0 Å². The van der Waals surface area contributed by atoms with Gasteiger partial charge in [-0.25, -0.2) is 0 Å². The predicted molar refractivity (Wildman–Crippen MR) is 34.1 cm³/mol. The monoisotopic (exact) mass is 192 g/mol. The van der Waals surface area contributed by atoms with Crippen molar-refractivity contribution < 1.29 is 22.4 Å². The molecule has 0 rings (SSSR count). The van der Waals surface area contributed by atoms with Crippen LogP contribution in [0.3, 0.4) is 0 Å². The molecule has 0 unspecified atom stereocenters. The van der Waals surface area contributed by atoms with Crippen molar-refractivity contribution in [2.45, 2.75) is 39.0 Å². The van der Waals surface area contributed by atoms with E-state index >= 15 is 0 Å². The largest absolute Gasteiger partial charge is 0.343 e. The molecule has 0 aliphatic rings. The smallest absolute Gasteiger partial charge is 0 e. The van der Waals surface area contributed by atoms with Crippen molar-refractivity contribution in [1.82, 2.24) is 0 Å². The molecule has 0 aliphatic carbocycles. The summed E-state index contributed by atoms with van der Waals surface area (Å²) in [6.07, 6.45) is 6.52. The third-order valence-corrected chi connectivity index (χ3v) is 1.10. The maximum absolute atomic E-state index is 3.76. The van der Waals surface area contributed by atoms with Crippen LogP contribution in [0, 0.1) is 6.92 Å². The molecule has 0 spiro atoms. The van der Waals surface area contributed by atoms with Crippen LogP contribution in [0.25, 0.3) is 0 Å². The van der Waals surface area contributed by atoms with Crippen LogP contribution < -0.4 is 0 Å². The first-order valence-electron chi connectivity index (χ1n) is 3.21. The van der Waals surface area contributed by atoms with Crippen molar-refractivity contribution in [3.05, 3.63) is 6.92 Å². The average Bonchev–Trinajstić information content (AvgIpc) is 1.69. The van der Waals surface area contributed by atoms with E-state index in [1.807, 2.05) is 0 Å². The van der Waals surface area contributed by atoms with E-state index in [0.29, 0.717) is 0 Å². The van der Waals surface area contributed by atoms with Crippen molar-refractivity contribution in [3.8, 4) is 0 Å². The van der Waals surface area contributed by atoms with E-state index < -0.39 is 0 Å². The minimum atomic E-state index is 0. The van der Waals surface area contributed by atoms with Gasteiger partial charge in [0.15, 0.2) is 0 Å². The minimum absolute atomic E-state index is 0. The SMILES string of the molecule is [CH2-]CCCCCC.[Nb]. The Morgan fingerprint density at radius 2 is 1.75 bits per heavy atom. The quantitative estimate of drug-likeness (QED) is 0.365. The first-order valence-corrected chi connectivity index (χ1v) is 3.21. The Morgan fingerprint density at radius 3 is 2.12 bits per heavy atom. The fourth-order valence-corrected chi connectivity index (χ4v) is 0.604. The Labute approximate surface area is 68.6 Å². The Morgan fingerprint density at radius 1 is 1.12 bits per heavy atom. The molecule has 1 heteroatoms. The van der Waals surface area contributed by atoms with Gasteiger partial charge in [-0.3, -0.25) is 0 Å². The summed E-state index contributed by atoms with van der Waals surface area (Å²) in [6.45, 7) is 5.98. The fourth-order valence-electron chi connectivity index (χ4n) is 0.604. The van der Waals surface area contributed by atoms with Gasteiger partial charge in [-0.2, -0.15) is 6.42 Å². The molecule has 0 aromatic heterocycles. The second kappa shape index (κ2) is 10.7. The van der Waals surface area contributed by atoms with Crippen molar-refractivity contribution in [1.29, 1.82) is 0 Å². The van der Waals surface area contributed by atoms with Gasteiger partial charge in [0.2, 0.25) is 0 Å². The molecular weight excluding hydrogens is 177 g/mol. The molecule has 0 N–H and O–H groups in total. The van der Waals surface area contributed by atoms with Crippen molar-refractivity contribution in [2.24, 2.45) is 0 Å². The zero-order valence-electron chi connectivity index (χ0n) is 5.69. The molecule has 1 radical (unpaired) electrons. The van der Waals surface area contributed by atoms with Crippen LogP contribution in [0.2, 0.25) is 0 Å². The van der Waals surface area contributed by atoms with Gasteiger partial charge in [0.25, 0.3) is 0 Å². The molecule has 0 heterocycles. The van der Waals surface area contributed by atoms with E-state index in [4.69, 9.17) is 0 Å². The van der Waals surface area contributed by atoms with Gasteiger partial charge >= 0.3 is 0 Å². The molecule has 0 aromatic rings. The van der Waals surface area contributed by atoms with Crippen LogP contribution >= 0.6 is 0 Å². The molecular formula is C7H15Nb-. The van der Waals surface area contributed by atoms with E-state index in [0.717, 1.165) is 6.42 Å². The third kappa shape index (κ3) is 9.88. The summed E-state index contributed by atoms with van der Waals surface area (Å²) in [7, 11) is 0. The Kier molecular flexibility index (Phi) is 15.4. The number of hydrogen-bond donors (Lipinski definition) is 0. The minimum Gasteiger partial charge on any atom is -0.343 e. The predicted octanol–water partition coefficient (Wildman–Crippen LogP) is 2.79. The van der Waals surface area contributed by atoms with Gasteiger partial charge in [-0.05, 0) is 0 Å². The van der Waals surface area contributed by atoms with E-state index in [1.165, 1.54) is 25.7 Å². The summed E-state index contributed by atoms with van der Waals surface area (Å²) in [5.41, 5.74) is 0. The summed E-state index contributed by atoms with van der Waals surface area (Å²) < 4.78 is 0. The molecule has 0 saturated heterocycles. The summed E-state index contributed by atoms with van der Waals surface area (Å²) in [6, 6.07) is 0. The number of rotatable bonds is 4. The second-order valence-corrected chi connectivity index (χ2v) is 1.91. The molecule has 0 atom stereocenters. The first-order chi connectivity index (χ1) is 3.41. The Hall–Kier alpha value is 0.740. The zero-order chi connectivity index (χ0) is 5.54. The molecule has 0 fully saturated rings. The van der Waals surface area contributed by atoms with Gasteiger partial charge in [0.1, 0.15) is 0 Å². The summed E-state index contributed by atoms with van der Waals surface area (Å²) in [5, 5.41) is 0. The van der Waals surface area contributed by atoms with Crippen LogP contribution in [-0.2, 0) is 22.4 Å². The van der Waals surface area contributed by atoms with Crippen molar-refractivity contribution >= 4 is 0 Å². The zero-order valence-corrected chi connectivity index (χ0v) is 7.89. The third-order valence-electron chi connectivity index (χ3n) is 1.10. The Balaban J connectivity index is 0. The van der Waals surface area contributed by atoms with Crippen LogP contribution in [0.15, 0.2) is 0 Å². The summed E-state index contributed by atoms with van der Waals surface area (Å²) >= 11 is 0. The van der Waals surface area contributed by atoms with Gasteiger partial charge < -0.3 is 6.92 Å². The normalized spacial score (nSPS) is 8.25. The van der Waals surface area contributed by atoms with Gasteiger partial charge in [0.05, 0.1) is 0 Å². The van der Waals surface area contributed by atoms with Crippen LogP contribution in [0.4, 0.5) is 0 Å². The maximum Gasteiger partial charge on any atom is 0 e. The molecule has 8 heavy (non-hydrogen) atoms. The maximum atomic E-state index is 3.76. The molecule has 0 saturated carbocycles. The summed E-state index contributed by atoms with van der Waals surface area (Å²) in [5.74, 6) is 0. The van der Waals surface area contributed by atoms with Crippen LogP contribution in [0.5, 0.6) is 0 Å². The number of unbranched alkanes of at least 4 members (excludes halogenated alkanes) is 4. The van der Waals surface area contributed by atoms with Crippen LogP contribution in [0.1, 0.15) is 39.0 Å². The summed E-state index contributed by atoms with van der Waals surface area (Å²) in [4.78, 5) is 0. The van der Waals surface area contributed by atoms with E-state index in [9.17, 15) is 0 Å². The van der Waals surface area contributed by atoms with Gasteiger partial charge in [-0.15, -0.1) is 0 Å². The van der Waals surface area contributed by atoms with E-state index in [2.05, 4.69) is 13.8 Å². The average molecular weight is 192 g/mol. The van der Waals surface area contributed by atoms with Crippen LogP contribution in [-0.4, -0.2) is 0 Å².